The smallest absolute Gasteiger partial charge is 0.0211 e. The molecule has 2 nitrogen and oxygen atoms in total. The summed E-state index contributed by atoms with van der Waals surface area (Å²) in [6, 6.07) is 7.39. The Morgan fingerprint density at radius 1 is 1.35 bits per heavy atom. The molecular weight excluding hydrogens is 208 g/mol. The minimum Gasteiger partial charge on any atom is -0.309 e. The average Bonchev–Trinajstić information content (AvgIpc) is 2.28. The summed E-state index contributed by atoms with van der Waals surface area (Å²) in [4.78, 5) is 2.42. The van der Waals surface area contributed by atoms with Gasteiger partial charge in [-0.2, -0.15) is 0 Å². The normalized spacial score (nSPS) is 21.7. The molecule has 2 rings (SSSR count). The molecule has 0 saturated carbocycles. The monoisotopic (exact) mass is 232 g/mol. The van der Waals surface area contributed by atoms with E-state index in [1.165, 1.54) is 42.6 Å². The Morgan fingerprint density at radius 2 is 2.18 bits per heavy atom. The fraction of sp³-hybridized carbons (Fsp3) is 0.600. The fourth-order valence-corrected chi connectivity index (χ4v) is 2.63. The Kier molecular flexibility index (Phi) is 4.19. The topological polar surface area (TPSA) is 15.3 Å². The zero-order chi connectivity index (χ0) is 12.3. The van der Waals surface area contributed by atoms with Gasteiger partial charge in [0.2, 0.25) is 0 Å². The lowest BCUT2D eigenvalue weighted by atomic mass is 10.0. The molecule has 0 bridgehead atoms. The van der Waals surface area contributed by atoms with Gasteiger partial charge < -0.3 is 10.2 Å². The van der Waals surface area contributed by atoms with Gasteiger partial charge >= 0.3 is 0 Å². The Hall–Kier alpha value is -0.860. The van der Waals surface area contributed by atoms with Crippen LogP contribution in [0.2, 0.25) is 0 Å². The first-order valence-electron chi connectivity index (χ1n) is 6.63. The summed E-state index contributed by atoms with van der Waals surface area (Å²) in [5, 5.41) is 3.69. The van der Waals surface area contributed by atoms with Crippen molar-refractivity contribution in [3.8, 4) is 0 Å². The maximum absolute atomic E-state index is 3.69. The van der Waals surface area contributed by atoms with Crippen LogP contribution in [-0.2, 0) is 6.54 Å². The van der Waals surface area contributed by atoms with Crippen molar-refractivity contribution in [3.05, 3.63) is 34.9 Å². The van der Waals surface area contributed by atoms with E-state index < -0.39 is 0 Å². The lowest BCUT2D eigenvalue weighted by Crippen LogP contribution is -2.43. The third-order valence-corrected chi connectivity index (χ3v) is 3.70. The highest BCUT2D eigenvalue weighted by molar-refractivity contribution is 5.30. The highest BCUT2D eigenvalue weighted by Gasteiger charge is 2.16. The Balaban J connectivity index is 1.88. The quantitative estimate of drug-likeness (QED) is 0.861. The van der Waals surface area contributed by atoms with Gasteiger partial charge in [0, 0.05) is 19.1 Å². The maximum Gasteiger partial charge on any atom is 0.0211 e. The van der Waals surface area contributed by atoms with Gasteiger partial charge in [-0.15, -0.1) is 0 Å². The summed E-state index contributed by atoms with van der Waals surface area (Å²) in [6.45, 7) is 7.80. The number of nitrogens with one attached hydrogen (secondary N) is 1. The van der Waals surface area contributed by atoms with E-state index in [0.717, 1.165) is 6.54 Å². The molecule has 1 atom stereocenters. The molecule has 1 fully saturated rings. The van der Waals surface area contributed by atoms with Gasteiger partial charge in [0.1, 0.15) is 0 Å². The van der Waals surface area contributed by atoms with Gasteiger partial charge in [0.15, 0.2) is 0 Å². The van der Waals surface area contributed by atoms with E-state index in [9.17, 15) is 0 Å². The summed E-state index contributed by atoms with van der Waals surface area (Å²) in [6.07, 6.45) is 2.64. The number of likely N-dealkylation sites (tertiary alicyclic amines) is 1. The van der Waals surface area contributed by atoms with Crippen LogP contribution in [0.3, 0.4) is 0 Å². The predicted molar refractivity (Wildman–Crippen MR) is 73.3 cm³/mol. The van der Waals surface area contributed by atoms with E-state index in [4.69, 9.17) is 0 Å². The van der Waals surface area contributed by atoms with Crippen molar-refractivity contribution in [3.63, 3.8) is 0 Å². The van der Waals surface area contributed by atoms with E-state index in [1.54, 1.807) is 0 Å². The number of nitrogens with zero attached hydrogens (tertiary/aromatic N) is 1. The third-order valence-electron chi connectivity index (χ3n) is 3.70. The molecule has 0 spiro atoms. The summed E-state index contributed by atoms with van der Waals surface area (Å²) < 4.78 is 0. The molecule has 0 amide bonds. The van der Waals surface area contributed by atoms with E-state index in [-0.39, 0.29) is 0 Å². The van der Waals surface area contributed by atoms with E-state index in [1.807, 2.05) is 0 Å². The second kappa shape index (κ2) is 5.65. The van der Waals surface area contributed by atoms with Crippen molar-refractivity contribution in [2.45, 2.75) is 39.3 Å². The largest absolute Gasteiger partial charge is 0.309 e. The average molecular weight is 232 g/mol. The van der Waals surface area contributed by atoms with E-state index in [2.05, 4.69) is 49.3 Å². The Labute approximate surface area is 105 Å². The molecular formula is C15H24N2. The zero-order valence-corrected chi connectivity index (χ0v) is 11.3. The van der Waals surface area contributed by atoms with Crippen molar-refractivity contribution in [1.29, 1.82) is 0 Å². The van der Waals surface area contributed by atoms with Gasteiger partial charge in [0.25, 0.3) is 0 Å². The third kappa shape index (κ3) is 3.55. The zero-order valence-electron chi connectivity index (χ0n) is 11.3. The molecule has 2 heteroatoms. The van der Waals surface area contributed by atoms with Crippen LogP contribution in [0.5, 0.6) is 0 Å². The van der Waals surface area contributed by atoms with Crippen molar-refractivity contribution < 1.29 is 0 Å². The molecule has 0 aromatic heterocycles. The molecule has 1 saturated heterocycles. The second-order valence-electron chi connectivity index (χ2n) is 5.41. The molecule has 1 aliphatic heterocycles. The summed E-state index contributed by atoms with van der Waals surface area (Å²) in [7, 11) is 2.21. The number of rotatable bonds is 3. The van der Waals surface area contributed by atoms with Crippen LogP contribution in [-0.4, -0.2) is 31.1 Å². The summed E-state index contributed by atoms with van der Waals surface area (Å²) >= 11 is 0. The first-order valence-corrected chi connectivity index (χ1v) is 6.63. The molecule has 17 heavy (non-hydrogen) atoms. The SMILES string of the molecule is Cc1ccc(CNC2CCCN(C)C2)c(C)c1. The van der Waals surface area contributed by atoms with Crippen molar-refractivity contribution in [2.24, 2.45) is 0 Å². The van der Waals surface area contributed by atoms with Gasteiger partial charge in [-0.25, -0.2) is 0 Å². The minimum absolute atomic E-state index is 0.662. The molecule has 1 aromatic carbocycles. The highest BCUT2D eigenvalue weighted by atomic mass is 15.1. The van der Waals surface area contributed by atoms with Crippen LogP contribution in [0, 0.1) is 13.8 Å². The van der Waals surface area contributed by atoms with Crippen LogP contribution in [0.1, 0.15) is 29.5 Å². The van der Waals surface area contributed by atoms with Gasteiger partial charge in [-0.3, -0.25) is 0 Å². The van der Waals surface area contributed by atoms with Crippen LogP contribution in [0.25, 0.3) is 0 Å². The van der Waals surface area contributed by atoms with Gasteiger partial charge in [-0.05, 0) is 51.4 Å². The van der Waals surface area contributed by atoms with Crippen LogP contribution >= 0.6 is 0 Å². The standard InChI is InChI=1S/C15H24N2/c1-12-6-7-14(13(2)9-12)10-16-15-5-4-8-17(3)11-15/h6-7,9,15-16H,4-5,8,10-11H2,1-3H3. The number of piperidine rings is 1. The van der Waals surface area contributed by atoms with Crippen molar-refractivity contribution >= 4 is 0 Å². The molecule has 1 unspecified atom stereocenters. The lowest BCUT2D eigenvalue weighted by molar-refractivity contribution is 0.226. The number of benzene rings is 1. The van der Waals surface area contributed by atoms with Crippen LogP contribution in [0.4, 0.5) is 0 Å². The number of hydrogen-bond acceptors (Lipinski definition) is 2. The predicted octanol–water partition coefficient (Wildman–Crippen LogP) is 2.49. The van der Waals surface area contributed by atoms with Crippen LogP contribution in [0.15, 0.2) is 18.2 Å². The molecule has 94 valence electrons. The molecule has 1 heterocycles. The molecule has 0 aliphatic carbocycles. The minimum atomic E-state index is 0.662. The molecule has 1 aromatic rings. The number of likely N-dealkylation sites (N-methyl/N-ethyl adjacent to an activating group) is 1. The van der Waals surface area contributed by atoms with E-state index in [0.29, 0.717) is 6.04 Å². The van der Waals surface area contributed by atoms with E-state index >= 15 is 0 Å². The first kappa shape index (κ1) is 12.6. The van der Waals surface area contributed by atoms with Gasteiger partial charge in [-0.1, -0.05) is 23.8 Å². The Morgan fingerprint density at radius 3 is 2.88 bits per heavy atom. The van der Waals surface area contributed by atoms with Crippen LogP contribution < -0.4 is 5.32 Å². The lowest BCUT2D eigenvalue weighted by Gasteiger charge is -2.30. The summed E-state index contributed by atoms with van der Waals surface area (Å²) in [5.41, 5.74) is 4.19. The Bertz CT molecular complexity index is 373. The second-order valence-corrected chi connectivity index (χ2v) is 5.41. The van der Waals surface area contributed by atoms with Gasteiger partial charge in [0.05, 0.1) is 0 Å². The number of hydrogen-bond donors (Lipinski definition) is 1. The summed E-state index contributed by atoms with van der Waals surface area (Å²) in [5.74, 6) is 0. The highest BCUT2D eigenvalue weighted by Crippen LogP contribution is 2.12. The first-order chi connectivity index (χ1) is 8.15. The van der Waals surface area contributed by atoms with Crippen molar-refractivity contribution in [1.82, 2.24) is 10.2 Å². The number of aryl methyl sites for hydroxylation is 2. The maximum atomic E-state index is 3.69. The molecule has 1 aliphatic rings. The van der Waals surface area contributed by atoms with Crippen molar-refractivity contribution in [2.75, 3.05) is 20.1 Å². The molecule has 1 N–H and O–H groups in total. The fourth-order valence-electron chi connectivity index (χ4n) is 2.63. The molecule has 0 radical (unpaired) electrons.